The minimum Gasteiger partial charge on any atom is -0.481 e. The number of ether oxygens (including phenoxy) is 1. The van der Waals surface area contributed by atoms with Crippen LogP contribution in [0.15, 0.2) is 30.6 Å². The van der Waals surface area contributed by atoms with Crippen molar-refractivity contribution in [3.05, 3.63) is 47.9 Å². The van der Waals surface area contributed by atoms with Gasteiger partial charge in [0.05, 0.1) is 12.8 Å². The van der Waals surface area contributed by atoms with Crippen molar-refractivity contribution in [1.29, 1.82) is 0 Å². The van der Waals surface area contributed by atoms with Crippen LogP contribution in [-0.2, 0) is 0 Å². The normalized spacial score (nSPS) is 10.1. The molecule has 0 radical (unpaired) electrons. The molecule has 0 bridgehead atoms. The molecule has 0 aliphatic heterocycles. The summed E-state index contributed by atoms with van der Waals surface area (Å²) in [5, 5.41) is 2.22. The van der Waals surface area contributed by atoms with Crippen LogP contribution in [0.5, 0.6) is 5.88 Å². The lowest BCUT2D eigenvalue weighted by molar-refractivity contribution is 0.102. The lowest BCUT2D eigenvalue weighted by Crippen LogP contribution is -2.15. The van der Waals surface area contributed by atoms with E-state index in [-0.39, 0.29) is 17.3 Å². The zero-order chi connectivity index (χ0) is 13.8. The van der Waals surface area contributed by atoms with E-state index in [4.69, 9.17) is 4.74 Å². The number of benzene rings is 1. The van der Waals surface area contributed by atoms with Crippen molar-refractivity contribution in [2.24, 2.45) is 0 Å². The van der Waals surface area contributed by atoms with Crippen molar-refractivity contribution in [3.8, 4) is 5.88 Å². The highest BCUT2D eigenvalue weighted by atomic mass is 19.1. The fourth-order valence-electron chi connectivity index (χ4n) is 1.35. The number of methoxy groups -OCH3 is 1. The predicted octanol–water partition coefficient (Wildman–Crippen LogP) is 2.02. The molecule has 0 saturated heterocycles. The van der Waals surface area contributed by atoms with Gasteiger partial charge in [-0.25, -0.2) is 18.7 Å². The summed E-state index contributed by atoms with van der Waals surface area (Å²) >= 11 is 0. The van der Waals surface area contributed by atoms with Gasteiger partial charge in [-0.1, -0.05) is 0 Å². The van der Waals surface area contributed by atoms with Gasteiger partial charge in [0, 0.05) is 12.1 Å². The molecule has 2 aromatic rings. The Morgan fingerprint density at radius 3 is 2.79 bits per heavy atom. The van der Waals surface area contributed by atoms with Crippen LogP contribution in [0.4, 0.5) is 14.5 Å². The van der Waals surface area contributed by atoms with E-state index in [0.717, 1.165) is 24.5 Å². The SMILES string of the molecule is COc1cc(C(=O)Nc2cc(F)ccc2F)ncn1. The van der Waals surface area contributed by atoms with Crippen LogP contribution in [-0.4, -0.2) is 23.0 Å². The van der Waals surface area contributed by atoms with E-state index in [1.807, 2.05) is 0 Å². The highest BCUT2D eigenvalue weighted by Gasteiger charge is 2.12. The Bertz CT molecular complexity index is 620. The van der Waals surface area contributed by atoms with Gasteiger partial charge in [0.2, 0.25) is 5.88 Å². The predicted molar refractivity (Wildman–Crippen MR) is 62.9 cm³/mol. The second-order valence-corrected chi connectivity index (χ2v) is 3.52. The Hall–Kier alpha value is -2.57. The average Bonchev–Trinajstić information content (AvgIpc) is 2.43. The van der Waals surface area contributed by atoms with Gasteiger partial charge in [0.1, 0.15) is 23.7 Å². The molecule has 1 N–H and O–H groups in total. The fraction of sp³-hybridized carbons (Fsp3) is 0.0833. The topological polar surface area (TPSA) is 64.1 Å². The first kappa shape index (κ1) is 12.9. The number of carbonyl (C=O) groups is 1. The molecule has 1 aromatic carbocycles. The first-order valence-corrected chi connectivity index (χ1v) is 5.22. The molecule has 7 heteroatoms. The van der Waals surface area contributed by atoms with E-state index >= 15 is 0 Å². The maximum absolute atomic E-state index is 13.4. The third-order valence-corrected chi connectivity index (χ3v) is 2.26. The van der Waals surface area contributed by atoms with Crippen LogP contribution < -0.4 is 10.1 Å². The summed E-state index contributed by atoms with van der Waals surface area (Å²) in [7, 11) is 1.39. The number of carbonyl (C=O) groups excluding carboxylic acids is 1. The van der Waals surface area contributed by atoms with Gasteiger partial charge in [-0.3, -0.25) is 4.79 Å². The molecule has 0 saturated carbocycles. The summed E-state index contributed by atoms with van der Waals surface area (Å²) in [5.74, 6) is -1.89. The Morgan fingerprint density at radius 1 is 1.26 bits per heavy atom. The number of nitrogens with zero attached hydrogens (tertiary/aromatic N) is 2. The van der Waals surface area contributed by atoms with Crippen LogP contribution in [0, 0.1) is 11.6 Å². The minimum absolute atomic E-state index is 0.0180. The number of aromatic nitrogens is 2. The first-order valence-electron chi connectivity index (χ1n) is 5.22. The second kappa shape index (κ2) is 5.38. The van der Waals surface area contributed by atoms with Gasteiger partial charge in [-0.05, 0) is 12.1 Å². The van der Waals surface area contributed by atoms with Gasteiger partial charge in [-0.2, -0.15) is 0 Å². The number of halogens is 2. The molecule has 98 valence electrons. The quantitative estimate of drug-likeness (QED) is 0.922. The Morgan fingerprint density at radius 2 is 2.05 bits per heavy atom. The molecule has 0 aliphatic rings. The summed E-state index contributed by atoms with van der Waals surface area (Å²) in [4.78, 5) is 19.2. The van der Waals surface area contributed by atoms with Gasteiger partial charge in [0.15, 0.2) is 0 Å². The summed E-state index contributed by atoms with van der Waals surface area (Å²) in [6.07, 6.45) is 1.13. The maximum Gasteiger partial charge on any atom is 0.274 e. The van der Waals surface area contributed by atoms with Crippen LogP contribution in [0.2, 0.25) is 0 Å². The standard InChI is InChI=1S/C12H9F2N3O2/c1-19-11-5-10(15-6-16-11)12(18)17-9-4-7(13)2-3-8(9)14/h2-6H,1H3,(H,17,18). The van der Waals surface area contributed by atoms with Gasteiger partial charge < -0.3 is 10.1 Å². The zero-order valence-electron chi connectivity index (χ0n) is 9.85. The van der Waals surface area contributed by atoms with Crippen LogP contribution in [0.1, 0.15) is 10.5 Å². The number of rotatable bonds is 3. The van der Waals surface area contributed by atoms with Crippen LogP contribution >= 0.6 is 0 Å². The molecule has 19 heavy (non-hydrogen) atoms. The summed E-state index contributed by atoms with van der Waals surface area (Å²) in [6.45, 7) is 0. The maximum atomic E-state index is 13.4. The molecule has 0 unspecified atom stereocenters. The first-order chi connectivity index (χ1) is 9.10. The third-order valence-electron chi connectivity index (χ3n) is 2.26. The van der Waals surface area contributed by atoms with E-state index in [1.54, 1.807) is 0 Å². The molecule has 5 nitrogen and oxygen atoms in total. The monoisotopic (exact) mass is 265 g/mol. The number of hydrogen-bond acceptors (Lipinski definition) is 4. The molecule has 0 aliphatic carbocycles. The van der Waals surface area contributed by atoms with Gasteiger partial charge >= 0.3 is 0 Å². The molecule has 1 heterocycles. The Balaban J connectivity index is 2.22. The average molecular weight is 265 g/mol. The molecule has 2 rings (SSSR count). The van der Waals surface area contributed by atoms with E-state index < -0.39 is 17.5 Å². The van der Waals surface area contributed by atoms with E-state index in [1.165, 1.54) is 13.2 Å². The lowest BCUT2D eigenvalue weighted by atomic mass is 10.2. The molecule has 0 spiro atoms. The van der Waals surface area contributed by atoms with E-state index in [2.05, 4.69) is 15.3 Å². The van der Waals surface area contributed by atoms with Crippen LogP contribution in [0.3, 0.4) is 0 Å². The Labute approximate surface area is 107 Å². The summed E-state index contributed by atoms with van der Waals surface area (Å²) in [6, 6.07) is 4.04. The second-order valence-electron chi connectivity index (χ2n) is 3.52. The number of nitrogens with one attached hydrogen (secondary N) is 1. The smallest absolute Gasteiger partial charge is 0.274 e. The van der Waals surface area contributed by atoms with Gasteiger partial charge in [0.25, 0.3) is 5.91 Å². The molecule has 1 amide bonds. The number of hydrogen-bond donors (Lipinski definition) is 1. The fourth-order valence-corrected chi connectivity index (χ4v) is 1.35. The van der Waals surface area contributed by atoms with Gasteiger partial charge in [-0.15, -0.1) is 0 Å². The van der Waals surface area contributed by atoms with E-state index in [0.29, 0.717) is 0 Å². The molecule has 0 atom stereocenters. The van der Waals surface area contributed by atoms with Crippen LogP contribution in [0.25, 0.3) is 0 Å². The Kier molecular flexibility index (Phi) is 3.65. The number of amides is 1. The van der Waals surface area contributed by atoms with Crippen molar-refractivity contribution in [2.75, 3.05) is 12.4 Å². The van der Waals surface area contributed by atoms with Crippen molar-refractivity contribution in [1.82, 2.24) is 9.97 Å². The molecular weight excluding hydrogens is 256 g/mol. The van der Waals surface area contributed by atoms with Crippen molar-refractivity contribution < 1.29 is 18.3 Å². The number of anilines is 1. The van der Waals surface area contributed by atoms with Crippen molar-refractivity contribution in [2.45, 2.75) is 0 Å². The zero-order valence-corrected chi connectivity index (χ0v) is 9.85. The van der Waals surface area contributed by atoms with Crippen molar-refractivity contribution >= 4 is 11.6 Å². The minimum atomic E-state index is -0.740. The molecule has 1 aromatic heterocycles. The van der Waals surface area contributed by atoms with E-state index in [9.17, 15) is 13.6 Å². The molecular formula is C12H9F2N3O2. The summed E-state index contributed by atoms with van der Waals surface area (Å²) < 4.78 is 31.1. The highest BCUT2D eigenvalue weighted by Crippen LogP contribution is 2.16. The lowest BCUT2D eigenvalue weighted by Gasteiger charge is -2.06. The molecule has 0 fully saturated rings. The highest BCUT2D eigenvalue weighted by molar-refractivity contribution is 6.03. The summed E-state index contributed by atoms with van der Waals surface area (Å²) in [5.41, 5.74) is -0.280. The third kappa shape index (κ3) is 3.01. The van der Waals surface area contributed by atoms with Crippen molar-refractivity contribution in [3.63, 3.8) is 0 Å². The largest absolute Gasteiger partial charge is 0.481 e.